The molecule has 1 aliphatic heterocycles. The number of likely N-dealkylation sites (tertiary alicyclic amines) is 1. The zero-order valence-corrected chi connectivity index (χ0v) is 11.4. The number of aromatic nitrogens is 1. The van der Waals surface area contributed by atoms with Gasteiger partial charge in [-0.15, -0.1) is 0 Å². The van der Waals surface area contributed by atoms with Crippen LogP contribution in [0.5, 0.6) is 0 Å². The predicted octanol–water partition coefficient (Wildman–Crippen LogP) is 3.23. The number of benzene rings is 1. The Bertz CT molecular complexity index is 606. The fourth-order valence-electron chi connectivity index (χ4n) is 2.41. The molecule has 0 unspecified atom stereocenters. The molecule has 0 bridgehead atoms. The molecule has 102 valence electrons. The molecule has 2 heterocycles. The minimum absolute atomic E-state index is 0.0357. The molecule has 1 aromatic carbocycles. The molecule has 0 spiro atoms. The van der Waals surface area contributed by atoms with E-state index in [1.807, 2.05) is 41.3 Å². The van der Waals surface area contributed by atoms with Crippen molar-refractivity contribution in [3.05, 3.63) is 48.8 Å². The van der Waals surface area contributed by atoms with E-state index in [0.29, 0.717) is 5.92 Å². The Hall–Kier alpha value is -2.36. The number of hydrogen-bond acceptors (Lipinski definition) is 2. The van der Waals surface area contributed by atoms with Crippen molar-refractivity contribution < 1.29 is 4.79 Å². The van der Waals surface area contributed by atoms with Crippen molar-refractivity contribution in [3.8, 4) is 11.1 Å². The first-order valence-electron chi connectivity index (χ1n) is 6.79. The van der Waals surface area contributed by atoms with E-state index < -0.39 is 0 Å². The smallest absolute Gasteiger partial charge is 0.321 e. The quantitative estimate of drug-likeness (QED) is 0.908. The van der Waals surface area contributed by atoms with Crippen LogP contribution in [0, 0.1) is 5.92 Å². The highest BCUT2D eigenvalue weighted by atomic mass is 16.2. The van der Waals surface area contributed by atoms with Crippen LogP contribution in [-0.2, 0) is 0 Å². The van der Waals surface area contributed by atoms with Crippen LogP contribution in [0.1, 0.15) is 6.92 Å². The number of nitrogens with one attached hydrogen (secondary N) is 1. The number of rotatable bonds is 2. The van der Waals surface area contributed by atoms with Crippen molar-refractivity contribution in [3.63, 3.8) is 0 Å². The topological polar surface area (TPSA) is 45.2 Å². The van der Waals surface area contributed by atoms with Gasteiger partial charge in [-0.05, 0) is 17.5 Å². The maximum Gasteiger partial charge on any atom is 0.321 e. The van der Waals surface area contributed by atoms with Crippen LogP contribution >= 0.6 is 0 Å². The van der Waals surface area contributed by atoms with E-state index in [2.05, 4.69) is 17.2 Å². The molecular formula is C16H17N3O. The van der Waals surface area contributed by atoms with Gasteiger partial charge in [-0.2, -0.15) is 0 Å². The van der Waals surface area contributed by atoms with E-state index in [4.69, 9.17) is 0 Å². The molecule has 1 aliphatic rings. The fraction of sp³-hybridized carbons (Fsp3) is 0.250. The summed E-state index contributed by atoms with van der Waals surface area (Å²) >= 11 is 0. The molecule has 4 heteroatoms. The second-order valence-electron chi connectivity index (χ2n) is 5.23. The second-order valence-corrected chi connectivity index (χ2v) is 5.23. The first kappa shape index (κ1) is 12.7. The molecule has 1 N–H and O–H groups in total. The van der Waals surface area contributed by atoms with Gasteiger partial charge >= 0.3 is 6.03 Å². The molecule has 2 amide bonds. The first-order valence-corrected chi connectivity index (χ1v) is 6.79. The third kappa shape index (κ3) is 2.50. The van der Waals surface area contributed by atoms with Crippen LogP contribution in [0.15, 0.2) is 48.8 Å². The van der Waals surface area contributed by atoms with Gasteiger partial charge in [-0.3, -0.25) is 4.98 Å². The molecule has 4 nitrogen and oxygen atoms in total. The standard InChI is InChI=1S/C16H17N3O/c1-12-10-19(11-12)16(20)18-15-7-8-17-9-14(15)13-5-3-2-4-6-13/h2-9,12H,10-11H2,1H3,(H,17,18,20). The SMILES string of the molecule is CC1CN(C(=O)Nc2ccncc2-c2ccccc2)C1. The van der Waals surface area contributed by atoms with E-state index >= 15 is 0 Å². The van der Waals surface area contributed by atoms with Crippen molar-refractivity contribution in [1.82, 2.24) is 9.88 Å². The zero-order chi connectivity index (χ0) is 13.9. The highest BCUT2D eigenvalue weighted by Gasteiger charge is 2.27. The second kappa shape index (κ2) is 5.33. The van der Waals surface area contributed by atoms with Gasteiger partial charge in [0.1, 0.15) is 0 Å². The normalized spacial score (nSPS) is 14.8. The lowest BCUT2D eigenvalue weighted by molar-refractivity contribution is 0.141. The van der Waals surface area contributed by atoms with Crippen molar-refractivity contribution >= 4 is 11.7 Å². The lowest BCUT2D eigenvalue weighted by Gasteiger charge is -2.37. The molecule has 1 aromatic heterocycles. The van der Waals surface area contributed by atoms with Gasteiger partial charge in [0.15, 0.2) is 0 Å². The third-order valence-electron chi connectivity index (χ3n) is 3.50. The molecule has 2 aromatic rings. The van der Waals surface area contributed by atoms with Crippen molar-refractivity contribution in [2.75, 3.05) is 18.4 Å². The molecule has 20 heavy (non-hydrogen) atoms. The number of urea groups is 1. The van der Waals surface area contributed by atoms with E-state index in [-0.39, 0.29) is 6.03 Å². The summed E-state index contributed by atoms with van der Waals surface area (Å²) in [4.78, 5) is 18.1. The molecule has 1 saturated heterocycles. The Morgan fingerprint density at radius 2 is 2.00 bits per heavy atom. The van der Waals surface area contributed by atoms with Gasteiger partial charge in [-0.25, -0.2) is 4.79 Å². The lowest BCUT2D eigenvalue weighted by atomic mass is 10.0. The van der Waals surface area contributed by atoms with E-state index in [9.17, 15) is 4.79 Å². The van der Waals surface area contributed by atoms with Crippen LogP contribution < -0.4 is 5.32 Å². The predicted molar refractivity (Wildman–Crippen MR) is 79.4 cm³/mol. The van der Waals surface area contributed by atoms with Crippen LogP contribution in [0.4, 0.5) is 10.5 Å². The highest BCUT2D eigenvalue weighted by molar-refractivity contribution is 5.94. The summed E-state index contributed by atoms with van der Waals surface area (Å²) in [5.41, 5.74) is 2.79. The summed E-state index contributed by atoms with van der Waals surface area (Å²) in [6.07, 6.45) is 3.48. The number of hydrogen-bond donors (Lipinski definition) is 1. The first-order chi connectivity index (χ1) is 9.74. The van der Waals surface area contributed by atoms with Gasteiger partial charge in [-0.1, -0.05) is 37.3 Å². The van der Waals surface area contributed by atoms with E-state index in [1.165, 1.54) is 0 Å². The molecule has 0 saturated carbocycles. The number of anilines is 1. The monoisotopic (exact) mass is 267 g/mol. The van der Waals surface area contributed by atoms with Gasteiger partial charge in [0.2, 0.25) is 0 Å². The fourth-order valence-corrected chi connectivity index (χ4v) is 2.41. The van der Waals surface area contributed by atoms with Crippen molar-refractivity contribution in [2.45, 2.75) is 6.92 Å². The Labute approximate surface area is 118 Å². The van der Waals surface area contributed by atoms with Gasteiger partial charge in [0, 0.05) is 31.0 Å². The van der Waals surface area contributed by atoms with E-state index in [0.717, 1.165) is 29.9 Å². The average Bonchev–Trinajstić information content (AvgIpc) is 2.45. The summed E-state index contributed by atoms with van der Waals surface area (Å²) < 4.78 is 0. The van der Waals surface area contributed by atoms with Gasteiger partial charge in [0.25, 0.3) is 0 Å². The molecule has 0 atom stereocenters. The molecule has 1 fully saturated rings. The minimum atomic E-state index is -0.0357. The summed E-state index contributed by atoms with van der Waals surface area (Å²) in [7, 11) is 0. The number of amides is 2. The Balaban J connectivity index is 1.82. The molecular weight excluding hydrogens is 250 g/mol. The Kier molecular flexibility index (Phi) is 3.37. The van der Waals surface area contributed by atoms with Crippen LogP contribution in [0.2, 0.25) is 0 Å². The average molecular weight is 267 g/mol. The number of nitrogens with zero attached hydrogens (tertiary/aromatic N) is 2. The lowest BCUT2D eigenvalue weighted by Crippen LogP contribution is -2.50. The summed E-state index contributed by atoms with van der Waals surface area (Å²) in [5.74, 6) is 0.604. The van der Waals surface area contributed by atoms with Gasteiger partial charge in [0.05, 0.1) is 5.69 Å². The summed E-state index contributed by atoms with van der Waals surface area (Å²) in [6.45, 7) is 3.81. The van der Waals surface area contributed by atoms with Crippen LogP contribution in [-0.4, -0.2) is 29.0 Å². The molecule has 0 radical (unpaired) electrons. The summed E-state index contributed by atoms with van der Waals surface area (Å²) in [5, 5.41) is 2.98. The zero-order valence-electron chi connectivity index (χ0n) is 11.4. The van der Waals surface area contributed by atoms with Crippen LogP contribution in [0.3, 0.4) is 0 Å². The largest absolute Gasteiger partial charge is 0.324 e. The molecule has 3 rings (SSSR count). The number of carbonyl (C=O) groups excluding carboxylic acids is 1. The molecule has 0 aliphatic carbocycles. The Morgan fingerprint density at radius 1 is 1.25 bits per heavy atom. The van der Waals surface area contributed by atoms with Crippen molar-refractivity contribution in [1.29, 1.82) is 0 Å². The van der Waals surface area contributed by atoms with Crippen LogP contribution in [0.25, 0.3) is 11.1 Å². The van der Waals surface area contributed by atoms with Crippen molar-refractivity contribution in [2.24, 2.45) is 5.92 Å². The minimum Gasteiger partial charge on any atom is -0.324 e. The Morgan fingerprint density at radius 3 is 2.70 bits per heavy atom. The maximum absolute atomic E-state index is 12.1. The third-order valence-corrected chi connectivity index (χ3v) is 3.50. The number of carbonyl (C=O) groups is 1. The number of pyridine rings is 1. The maximum atomic E-state index is 12.1. The summed E-state index contributed by atoms with van der Waals surface area (Å²) in [6, 6.07) is 11.8. The van der Waals surface area contributed by atoms with Gasteiger partial charge < -0.3 is 10.2 Å². The van der Waals surface area contributed by atoms with E-state index in [1.54, 1.807) is 12.4 Å². The highest BCUT2D eigenvalue weighted by Crippen LogP contribution is 2.27.